The molecule has 0 aromatic carbocycles. The van der Waals surface area contributed by atoms with Gasteiger partial charge in [0.05, 0.1) is 11.5 Å². The number of aliphatic carboxylic acids is 1. The summed E-state index contributed by atoms with van der Waals surface area (Å²) in [5.41, 5.74) is 1.01. The smallest absolute Gasteiger partial charge is 0.309 e. The van der Waals surface area contributed by atoms with Gasteiger partial charge in [0.2, 0.25) is 0 Å². The molecule has 4 saturated carbocycles. The fourth-order valence-electron chi connectivity index (χ4n) is 7.57. The van der Waals surface area contributed by atoms with Crippen molar-refractivity contribution < 1.29 is 15.0 Å². The average Bonchev–Trinajstić information content (AvgIpc) is 2.75. The standard InChI is InChI=1S/C20H30O3/c1-12-10-20-8-5-15-18(2,6-4-7-19(15,3)17(22)23)16(20)9-14(21)13(12)11-20/h13-16,21H,1,4-11H2,2-3H3,(H,22,23)/t13-,14-,15+,16+,18-,19-,20-/m1/s1. The zero-order valence-corrected chi connectivity index (χ0v) is 14.5. The van der Waals surface area contributed by atoms with Gasteiger partial charge < -0.3 is 10.2 Å². The molecule has 0 amide bonds. The number of hydrogen-bond acceptors (Lipinski definition) is 2. The lowest BCUT2D eigenvalue weighted by atomic mass is 9.41. The Morgan fingerprint density at radius 1 is 1.22 bits per heavy atom. The highest BCUT2D eigenvalue weighted by Gasteiger charge is 2.66. The molecule has 0 radical (unpaired) electrons. The summed E-state index contributed by atoms with van der Waals surface area (Å²) in [6.45, 7) is 8.58. The fraction of sp³-hybridized carbons (Fsp3) is 0.850. The highest BCUT2D eigenvalue weighted by molar-refractivity contribution is 5.75. The summed E-state index contributed by atoms with van der Waals surface area (Å²) < 4.78 is 0. The first kappa shape index (κ1) is 15.7. The number of carboxylic acids is 1. The van der Waals surface area contributed by atoms with E-state index in [9.17, 15) is 15.0 Å². The van der Waals surface area contributed by atoms with Gasteiger partial charge in [-0.3, -0.25) is 4.79 Å². The molecule has 4 fully saturated rings. The topological polar surface area (TPSA) is 57.5 Å². The summed E-state index contributed by atoms with van der Waals surface area (Å²) in [7, 11) is 0. The van der Waals surface area contributed by atoms with E-state index >= 15 is 0 Å². The van der Waals surface area contributed by atoms with E-state index in [4.69, 9.17) is 0 Å². The first-order valence-electron chi connectivity index (χ1n) is 9.32. The van der Waals surface area contributed by atoms with Crippen LogP contribution in [0.5, 0.6) is 0 Å². The van der Waals surface area contributed by atoms with Crippen LogP contribution in [0.2, 0.25) is 0 Å². The molecule has 0 heterocycles. The highest BCUT2D eigenvalue weighted by atomic mass is 16.4. The van der Waals surface area contributed by atoms with Gasteiger partial charge in [-0.05, 0) is 74.5 Å². The third-order valence-corrected chi connectivity index (χ3v) is 8.60. The quantitative estimate of drug-likeness (QED) is 0.718. The summed E-state index contributed by atoms with van der Waals surface area (Å²) >= 11 is 0. The number of rotatable bonds is 1. The largest absolute Gasteiger partial charge is 0.481 e. The lowest BCUT2D eigenvalue weighted by molar-refractivity contribution is -0.186. The van der Waals surface area contributed by atoms with Crippen LogP contribution in [0.3, 0.4) is 0 Å². The van der Waals surface area contributed by atoms with E-state index in [-0.39, 0.29) is 17.4 Å². The minimum absolute atomic E-state index is 0.0558. The van der Waals surface area contributed by atoms with Crippen LogP contribution in [0.25, 0.3) is 0 Å². The molecule has 0 saturated heterocycles. The molecule has 0 aromatic rings. The van der Waals surface area contributed by atoms with Crippen LogP contribution in [-0.2, 0) is 4.79 Å². The molecule has 1 spiro atoms. The number of hydrogen-bond donors (Lipinski definition) is 2. The van der Waals surface area contributed by atoms with Crippen molar-refractivity contribution in [2.24, 2.45) is 34.0 Å². The molecule has 0 aromatic heterocycles. The van der Waals surface area contributed by atoms with E-state index < -0.39 is 11.4 Å². The average molecular weight is 318 g/mol. The monoisotopic (exact) mass is 318 g/mol. The van der Waals surface area contributed by atoms with Crippen molar-refractivity contribution in [1.29, 1.82) is 0 Å². The second-order valence-electron chi connectivity index (χ2n) is 9.54. The van der Waals surface area contributed by atoms with Gasteiger partial charge in [-0.1, -0.05) is 25.5 Å². The molecule has 0 unspecified atom stereocenters. The second kappa shape index (κ2) is 4.62. The van der Waals surface area contributed by atoms with Gasteiger partial charge in [0.15, 0.2) is 0 Å². The maximum atomic E-state index is 12.0. The molecule has 4 aliphatic carbocycles. The van der Waals surface area contributed by atoms with Crippen LogP contribution in [0.4, 0.5) is 0 Å². The van der Waals surface area contributed by atoms with Crippen LogP contribution in [-0.4, -0.2) is 22.3 Å². The zero-order chi connectivity index (χ0) is 16.6. The third kappa shape index (κ3) is 1.83. The van der Waals surface area contributed by atoms with Gasteiger partial charge in [0, 0.05) is 5.92 Å². The lowest BCUT2D eigenvalue weighted by Crippen LogP contribution is -2.59. The highest BCUT2D eigenvalue weighted by Crippen LogP contribution is 2.72. The number of carbonyl (C=O) groups is 1. The molecule has 4 rings (SSSR count). The molecule has 128 valence electrons. The Balaban J connectivity index is 1.77. The first-order valence-corrected chi connectivity index (χ1v) is 9.32. The molecule has 23 heavy (non-hydrogen) atoms. The van der Waals surface area contributed by atoms with Crippen LogP contribution in [0.15, 0.2) is 12.2 Å². The van der Waals surface area contributed by atoms with Crippen LogP contribution < -0.4 is 0 Å². The summed E-state index contributed by atoms with van der Waals surface area (Å²) in [4.78, 5) is 12.0. The normalized spacial score (nSPS) is 55.2. The maximum Gasteiger partial charge on any atom is 0.309 e. The Hall–Kier alpha value is -0.830. The van der Waals surface area contributed by atoms with Gasteiger partial charge in [-0.25, -0.2) is 0 Å². The van der Waals surface area contributed by atoms with Gasteiger partial charge >= 0.3 is 5.97 Å². The maximum absolute atomic E-state index is 12.0. The first-order chi connectivity index (χ1) is 10.7. The lowest BCUT2D eigenvalue weighted by Gasteiger charge is -2.63. The second-order valence-corrected chi connectivity index (χ2v) is 9.54. The molecule has 3 heteroatoms. The van der Waals surface area contributed by atoms with Gasteiger partial charge in [0.1, 0.15) is 0 Å². The predicted molar refractivity (Wildman–Crippen MR) is 88.8 cm³/mol. The predicted octanol–water partition coefficient (Wildman–Crippen LogP) is 4.01. The van der Waals surface area contributed by atoms with Gasteiger partial charge in [-0.2, -0.15) is 0 Å². The summed E-state index contributed by atoms with van der Waals surface area (Å²) in [6, 6.07) is 0. The Labute approximate surface area is 139 Å². The molecular formula is C20H30O3. The molecular weight excluding hydrogens is 288 g/mol. The van der Waals surface area contributed by atoms with Crippen molar-refractivity contribution in [2.45, 2.75) is 71.3 Å². The molecule has 7 atom stereocenters. The summed E-state index contributed by atoms with van der Waals surface area (Å²) in [5, 5.41) is 20.6. The minimum Gasteiger partial charge on any atom is -0.481 e. The third-order valence-electron chi connectivity index (χ3n) is 8.60. The SMILES string of the molecule is C=C1C[C@@]23CC[C@H]4[C@@](C)(CCC[C@@]4(C)C(=O)O)[C@@H]2C[C@@H](O)[C@@H]1C3. The van der Waals surface area contributed by atoms with E-state index in [0.29, 0.717) is 17.3 Å². The molecule has 0 aliphatic heterocycles. The van der Waals surface area contributed by atoms with E-state index in [1.54, 1.807) is 0 Å². The molecule has 3 nitrogen and oxygen atoms in total. The number of aliphatic hydroxyl groups excluding tert-OH is 1. The molecule has 4 aliphatic rings. The Morgan fingerprint density at radius 3 is 2.65 bits per heavy atom. The van der Waals surface area contributed by atoms with Crippen LogP contribution >= 0.6 is 0 Å². The van der Waals surface area contributed by atoms with E-state index in [1.807, 2.05) is 6.92 Å². The van der Waals surface area contributed by atoms with Crippen molar-refractivity contribution in [3.05, 3.63) is 12.2 Å². The number of aliphatic hydroxyl groups is 1. The minimum atomic E-state index is -0.616. The van der Waals surface area contributed by atoms with E-state index in [2.05, 4.69) is 13.5 Å². The van der Waals surface area contributed by atoms with E-state index in [0.717, 1.165) is 51.4 Å². The molecule has 2 N–H and O–H groups in total. The number of fused-ring (bicyclic) bond motifs is 3. The van der Waals surface area contributed by atoms with Crippen molar-refractivity contribution in [3.8, 4) is 0 Å². The van der Waals surface area contributed by atoms with Crippen molar-refractivity contribution in [2.75, 3.05) is 0 Å². The Bertz CT molecular complexity index is 569. The number of carboxylic acid groups (broad SMARTS) is 1. The van der Waals surface area contributed by atoms with E-state index in [1.165, 1.54) is 5.57 Å². The fourth-order valence-corrected chi connectivity index (χ4v) is 7.57. The zero-order valence-electron chi connectivity index (χ0n) is 14.5. The summed E-state index contributed by atoms with van der Waals surface area (Å²) in [6.07, 6.45) is 7.83. The van der Waals surface area contributed by atoms with Crippen molar-refractivity contribution >= 4 is 5.97 Å². The van der Waals surface area contributed by atoms with Crippen molar-refractivity contribution in [3.63, 3.8) is 0 Å². The van der Waals surface area contributed by atoms with Crippen LogP contribution in [0.1, 0.15) is 65.2 Å². The van der Waals surface area contributed by atoms with Gasteiger partial charge in [-0.15, -0.1) is 0 Å². The molecule has 2 bridgehead atoms. The van der Waals surface area contributed by atoms with Gasteiger partial charge in [0.25, 0.3) is 0 Å². The Morgan fingerprint density at radius 2 is 1.96 bits per heavy atom. The summed E-state index contributed by atoms with van der Waals surface area (Å²) in [5.74, 6) is 0.378. The van der Waals surface area contributed by atoms with Crippen LogP contribution in [0, 0.1) is 34.0 Å². The van der Waals surface area contributed by atoms with Crippen molar-refractivity contribution in [1.82, 2.24) is 0 Å². The Kier molecular flexibility index (Phi) is 3.15.